The van der Waals surface area contributed by atoms with Gasteiger partial charge in [0, 0.05) is 48.9 Å². The number of nitrogens with zero attached hydrogens (tertiary/aromatic N) is 3. The van der Waals surface area contributed by atoms with E-state index in [0.29, 0.717) is 25.2 Å². The van der Waals surface area contributed by atoms with Crippen molar-refractivity contribution in [3.8, 4) is 0 Å². The molecule has 0 radical (unpaired) electrons. The van der Waals surface area contributed by atoms with E-state index in [0.717, 1.165) is 23.0 Å². The first kappa shape index (κ1) is 16.4. The van der Waals surface area contributed by atoms with Gasteiger partial charge in [0.1, 0.15) is 6.04 Å². The summed E-state index contributed by atoms with van der Waals surface area (Å²) in [6.45, 7) is 3.14. The first-order chi connectivity index (χ1) is 12.7. The normalized spacial score (nSPS) is 17.2. The molecule has 4 rings (SSSR count). The number of aromatic amines is 1. The van der Waals surface area contributed by atoms with E-state index in [2.05, 4.69) is 15.4 Å². The van der Waals surface area contributed by atoms with Gasteiger partial charge in [-0.3, -0.25) is 14.3 Å². The fourth-order valence-corrected chi connectivity index (χ4v) is 3.46. The summed E-state index contributed by atoms with van der Waals surface area (Å²) in [5, 5.41) is 8.19. The summed E-state index contributed by atoms with van der Waals surface area (Å²) < 4.78 is 1.75. The lowest BCUT2D eigenvalue weighted by molar-refractivity contribution is -0.133. The van der Waals surface area contributed by atoms with Crippen LogP contribution in [-0.4, -0.2) is 37.5 Å². The predicted molar refractivity (Wildman–Crippen MR) is 98.4 cm³/mol. The third-order valence-corrected chi connectivity index (χ3v) is 4.86. The Morgan fingerprint density at radius 3 is 3.00 bits per heavy atom. The molecule has 2 N–H and O–H groups in total. The van der Waals surface area contributed by atoms with E-state index < -0.39 is 6.04 Å². The van der Waals surface area contributed by atoms with Crippen molar-refractivity contribution in [2.75, 3.05) is 5.32 Å². The van der Waals surface area contributed by atoms with Crippen molar-refractivity contribution in [1.29, 1.82) is 0 Å². The number of anilines is 1. The molecule has 1 aliphatic heterocycles. The number of carbonyl (C=O) groups excluding carboxylic acids is 2. The molecule has 3 heterocycles. The van der Waals surface area contributed by atoms with Gasteiger partial charge < -0.3 is 15.2 Å². The second-order valence-corrected chi connectivity index (χ2v) is 6.48. The monoisotopic (exact) mass is 351 g/mol. The Morgan fingerprint density at radius 2 is 2.19 bits per heavy atom. The SMILES string of the molecule is CCn1ccc(NC(=O)C2CCC(=O)N2Cc2c[nH]c3ccccc23)n1. The molecule has 7 heteroatoms. The predicted octanol–water partition coefficient (Wildman–Crippen LogP) is 2.51. The van der Waals surface area contributed by atoms with Crippen molar-refractivity contribution in [2.45, 2.75) is 38.9 Å². The summed E-state index contributed by atoms with van der Waals surface area (Å²) >= 11 is 0. The molecule has 0 spiro atoms. The third kappa shape index (κ3) is 2.96. The Bertz CT molecular complexity index is 958. The van der Waals surface area contributed by atoms with Gasteiger partial charge in [0.25, 0.3) is 0 Å². The molecule has 1 fully saturated rings. The van der Waals surface area contributed by atoms with E-state index in [-0.39, 0.29) is 11.8 Å². The second kappa shape index (κ2) is 6.67. The zero-order valence-corrected chi connectivity index (χ0v) is 14.6. The van der Waals surface area contributed by atoms with Crippen LogP contribution < -0.4 is 5.32 Å². The molecule has 7 nitrogen and oxygen atoms in total. The highest BCUT2D eigenvalue weighted by atomic mass is 16.2. The highest BCUT2D eigenvalue weighted by Crippen LogP contribution is 2.26. The fraction of sp³-hybridized carbons (Fsp3) is 0.316. The van der Waals surface area contributed by atoms with Gasteiger partial charge in [-0.05, 0) is 25.0 Å². The molecule has 2 amide bonds. The van der Waals surface area contributed by atoms with Crippen LogP contribution >= 0.6 is 0 Å². The summed E-state index contributed by atoms with van der Waals surface area (Å²) in [4.78, 5) is 30.0. The molecule has 3 aromatic rings. The van der Waals surface area contributed by atoms with Crippen molar-refractivity contribution in [3.05, 3.63) is 48.3 Å². The molecular formula is C19H21N5O2. The van der Waals surface area contributed by atoms with Crippen LogP contribution in [0.5, 0.6) is 0 Å². The van der Waals surface area contributed by atoms with E-state index in [9.17, 15) is 9.59 Å². The Labute approximate surface area is 151 Å². The topological polar surface area (TPSA) is 83.0 Å². The van der Waals surface area contributed by atoms with Crippen LogP contribution in [0.2, 0.25) is 0 Å². The maximum atomic E-state index is 12.7. The number of amides is 2. The van der Waals surface area contributed by atoms with Gasteiger partial charge in [-0.25, -0.2) is 0 Å². The Hall–Kier alpha value is -3.09. The summed E-state index contributed by atoms with van der Waals surface area (Å²) in [5.74, 6) is 0.342. The highest BCUT2D eigenvalue weighted by Gasteiger charge is 2.36. The number of fused-ring (bicyclic) bond motifs is 1. The molecule has 0 bridgehead atoms. The lowest BCUT2D eigenvalue weighted by atomic mass is 10.1. The van der Waals surface area contributed by atoms with E-state index in [4.69, 9.17) is 0 Å². The Kier molecular flexibility index (Phi) is 4.20. The minimum absolute atomic E-state index is 0.00881. The average molecular weight is 351 g/mol. The van der Waals surface area contributed by atoms with Gasteiger partial charge in [0.2, 0.25) is 11.8 Å². The maximum Gasteiger partial charge on any atom is 0.248 e. The van der Waals surface area contributed by atoms with E-state index in [1.54, 1.807) is 15.6 Å². The van der Waals surface area contributed by atoms with Crippen LogP contribution in [0, 0.1) is 0 Å². The van der Waals surface area contributed by atoms with Gasteiger partial charge in [-0.15, -0.1) is 0 Å². The van der Waals surface area contributed by atoms with Crippen molar-refractivity contribution < 1.29 is 9.59 Å². The molecule has 1 unspecified atom stereocenters. The van der Waals surface area contributed by atoms with Crippen LogP contribution in [0.4, 0.5) is 5.82 Å². The minimum atomic E-state index is -0.470. The van der Waals surface area contributed by atoms with E-state index in [1.807, 2.05) is 43.6 Å². The fourth-order valence-electron chi connectivity index (χ4n) is 3.46. The maximum absolute atomic E-state index is 12.7. The number of hydrogen-bond donors (Lipinski definition) is 2. The lowest BCUT2D eigenvalue weighted by Crippen LogP contribution is -2.41. The number of H-pyrrole nitrogens is 1. The molecule has 1 aromatic carbocycles. The number of para-hydroxylation sites is 1. The van der Waals surface area contributed by atoms with Crippen molar-refractivity contribution in [3.63, 3.8) is 0 Å². The average Bonchev–Trinajstić information content (AvgIpc) is 3.36. The van der Waals surface area contributed by atoms with Gasteiger partial charge in [-0.2, -0.15) is 5.10 Å². The first-order valence-corrected chi connectivity index (χ1v) is 8.84. The number of hydrogen-bond acceptors (Lipinski definition) is 3. The first-order valence-electron chi connectivity index (χ1n) is 8.84. The zero-order valence-electron chi connectivity index (χ0n) is 14.6. The molecule has 0 aliphatic carbocycles. The molecular weight excluding hydrogens is 330 g/mol. The highest BCUT2D eigenvalue weighted by molar-refractivity contribution is 5.98. The van der Waals surface area contributed by atoms with E-state index >= 15 is 0 Å². The third-order valence-electron chi connectivity index (χ3n) is 4.86. The zero-order chi connectivity index (χ0) is 18.1. The molecule has 26 heavy (non-hydrogen) atoms. The number of nitrogens with one attached hydrogen (secondary N) is 2. The number of aryl methyl sites for hydroxylation is 1. The molecule has 0 saturated carbocycles. The number of carbonyl (C=O) groups is 2. The van der Waals surface area contributed by atoms with Gasteiger partial charge in [0.05, 0.1) is 0 Å². The molecule has 134 valence electrons. The molecule has 1 aliphatic rings. The van der Waals surface area contributed by atoms with Crippen molar-refractivity contribution in [2.24, 2.45) is 0 Å². The van der Waals surface area contributed by atoms with Crippen LogP contribution in [0.25, 0.3) is 10.9 Å². The van der Waals surface area contributed by atoms with Gasteiger partial charge in [-0.1, -0.05) is 18.2 Å². The van der Waals surface area contributed by atoms with Crippen molar-refractivity contribution >= 4 is 28.5 Å². The standard InChI is InChI=1S/C19H21N5O2/c1-2-23-10-9-17(22-23)21-19(26)16-7-8-18(25)24(16)12-13-11-20-15-6-4-3-5-14(13)15/h3-6,9-11,16,20H,2,7-8,12H2,1H3,(H,21,22,26). The second-order valence-electron chi connectivity index (χ2n) is 6.48. The number of aromatic nitrogens is 3. The Morgan fingerprint density at radius 1 is 1.35 bits per heavy atom. The Balaban J connectivity index is 1.52. The summed E-state index contributed by atoms with van der Waals surface area (Å²) in [6, 6.07) is 9.26. The van der Waals surface area contributed by atoms with Gasteiger partial charge >= 0.3 is 0 Å². The van der Waals surface area contributed by atoms with Crippen LogP contribution in [0.15, 0.2) is 42.7 Å². The largest absolute Gasteiger partial charge is 0.361 e. The van der Waals surface area contributed by atoms with Crippen LogP contribution in [0.3, 0.4) is 0 Å². The number of likely N-dealkylation sites (tertiary alicyclic amines) is 1. The summed E-state index contributed by atoms with van der Waals surface area (Å²) in [5.41, 5.74) is 2.05. The quantitative estimate of drug-likeness (QED) is 0.741. The minimum Gasteiger partial charge on any atom is -0.361 e. The van der Waals surface area contributed by atoms with Crippen molar-refractivity contribution in [1.82, 2.24) is 19.7 Å². The van der Waals surface area contributed by atoms with E-state index in [1.165, 1.54) is 0 Å². The van der Waals surface area contributed by atoms with Gasteiger partial charge in [0.15, 0.2) is 5.82 Å². The number of rotatable bonds is 5. The smallest absolute Gasteiger partial charge is 0.248 e. The lowest BCUT2D eigenvalue weighted by Gasteiger charge is -2.23. The molecule has 1 atom stereocenters. The number of benzene rings is 1. The summed E-state index contributed by atoms with van der Waals surface area (Å²) in [6.07, 6.45) is 4.65. The van der Waals surface area contributed by atoms with Crippen LogP contribution in [-0.2, 0) is 22.7 Å². The van der Waals surface area contributed by atoms with Crippen LogP contribution in [0.1, 0.15) is 25.3 Å². The molecule has 2 aromatic heterocycles. The molecule has 1 saturated heterocycles. The summed E-state index contributed by atoms with van der Waals surface area (Å²) in [7, 11) is 0.